The summed E-state index contributed by atoms with van der Waals surface area (Å²) in [6.07, 6.45) is 3.59. The number of hydrogen-bond donors (Lipinski definition) is 2. The third-order valence-corrected chi connectivity index (χ3v) is 6.17. The van der Waals surface area contributed by atoms with E-state index >= 15 is 0 Å². The highest BCUT2D eigenvalue weighted by atomic mass is 32.2. The Morgan fingerprint density at radius 1 is 1.31 bits per heavy atom. The monoisotopic (exact) mass is 422 g/mol. The van der Waals surface area contributed by atoms with Gasteiger partial charge in [0.05, 0.1) is 11.9 Å². The first-order valence-electron chi connectivity index (χ1n) is 9.60. The lowest BCUT2D eigenvalue weighted by atomic mass is 9.97. The van der Waals surface area contributed by atoms with Crippen molar-refractivity contribution in [2.24, 2.45) is 5.92 Å². The highest BCUT2D eigenvalue weighted by Gasteiger charge is 2.29. The van der Waals surface area contributed by atoms with Gasteiger partial charge >= 0.3 is 0 Å². The van der Waals surface area contributed by atoms with Crippen molar-refractivity contribution in [3.8, 4) is 5.95 Å². The number of hydrogen-bond acceptors (Lipinski definition) is 6. The summed E-state index contributed by atoms with van der Waals surface area (Å²) in [6, 6.07) is 3.16. The Morgan fingerprint density at radius 3 is 2.62 bits per heavy atom. The maximum Gasteiger partial charge on any atom is 0.252 e. The van der Waals surface area contributed by atoms with Gasteiger partial charge in [-0.2, -0.15) is 9.78 Å². The summed E-state index contributed by atoms with van der Waals surface area (Å²) in [5.41, 5.74) is 1.04. The molecule has 3 rings (SSSR count). The van der Waals surface area contributed by atoms with Gasteiger partial charge in [0.15, 0.2) is 0 Å². The van der Waals surface area contributed by atoms with E-state index in [4.69, 9.17) is 0 Å². The molecule has 1 saturated heterocycles. The molecular formula is C18H26N6O4S. The minimum absolute atomic E-state index is 0.202. The smallest absolute Gasteiger partial charge is 0.252 e. The number of nitrogens with one attached hydrogen (secondary N) is 2. The molecular weight excluding hydrogens is 396 g/mol. The van der Waals surface area contributed by atoms with Gasteiger partial charge in [-0.1, -0.05) is 13.3 Å². The van der Waals surface area contributed by atoms with Crippen molar-refractivity contribution in [3.05, 3.63) is 33.9 Å². The fourth-order valence-electron chi connectivity index (χ4n) is 3.41. The molecule has 3 heterocycles. The molecule has 1 aliphatic rings. The van der Waals surface area contributed by atoms with Gasteiger partial charge in [0.2, 0.25) is 21.9 Å². The van der Waals surface area contributed by atoms with Crippen LogP contribution in [0.2, 0.25) is 0 Å². The van der Waals surface area contributed by atoms with Crippen molar-refractivity contribution in [3.63, 3.8) is 0 Å². The first kappa shape index (κ1) is 21.2. The van der Waals surface area contributed by atoms with Crippen LogP contribution in [0.25, 0.3) is 5.95 Å². The fraction of sp³-hybridized carbons (Fsp3) is 0.556. The van der Waals surface area contributed by atoms with Gasteiger partial charge in [0.25, 0.3) is 5.56 Å². The molecule has 0 saturated carbocycles. The molecule has 0 bridgehead atoms. The van der Waals surface area contributed by atoms with Crippen LogP contribution in [-0.4, -0.2) is 57.7 Å². The number of aromatic amines is 1. The largest absolute Gasteiger partial charge is 0.310 e. The summed E-state index contributed by atoms with van der Waals surface area (Å²) >= 11 is 0. The Hall–Kier alpha value is -2.53. The van der Waals surface area contributed by atoms with Crippen LogP contribution >= 0.6 is 0 Å². The highest BCUT2D eigenvalue weighted by molar-refractivity contribution is 7.88. The second-order valence-electron chi connectivity index (χ2n) is 7.32. The third kappa shape index (κ3) is 5.10. The lowest BCUT2D eigenvalue weighted by Crippen LogP contribution is -2.41. The summed E-state index contributed by atoms with van der Waals surface area (Å²) in [5, 5.41) is 7.20. The zero-order valence-corrected chi connectivity index (χ0v) is 17.6. The number of amides is 1. The number of anilines is 1. The lowest BCUT2D eigenvalue weighted by Gasteiger charge is -2.29. The average molecular weight is 423 g/mol. The Labute approximate surface area is 169 Å². The summed E-state index contributed by atoms with van der Waals surface area (Å²) in [6.45, 7) is 4.43. The Kier molecular flexibility index (Phi) is 6.18. The second-order valence-corrected chi connectivity index (χ2v) is 9.30. The molecule has 11 heteroatoms. The predicted octanol–water partition coefficient (Wildman–Crippen LogP) is 0.827. The maximum atomic E-state index is 12.7. The molecule has 1 aliphatic heterocycles. The van der Waals surface area contributed by atoms with Gasteiger partial charge in [0.1, 0.15) is 5.82 Å². The summed E-state index contributed by atoms with van der Waals surface area (Å²) in [5.74, 6) is 0.160. The minimum Gasteiger partial charge on any atom is -0.310 e. The van der Waals surface area contributed by atoms with E-state index in [2.05, 4.69) is 20.4 Å². The number of nitrogens with zero attached hydrogens (tertiary/aromatic N) is 4. The van der Waals surface area contributed by atoms with Crippen LogP contribution in [0, 0.1) is 12.8 Å². The lowest BCUT2D eigenvalue weighted by molar-refractivity contribution is -0.120. The Morgan fingerprint density at radius 2 is 2.00 bits per heavy atom. The maximum absolute atomic E-state index is 12.7. The number of H-pyrrole nitrogens is 1. The second kappa shape index (κ2) is 8.46. The van der Waals surface area contributed by atoms with E-state index in [1.54, 1.807) is 13.0 Å². The number of carbonyl (C=O) groups is 1. The molecule has 29 heavy (non-hydrogen) atoms. The Balaban J connectivity index is 1.78. The first-order chi connectivity index (χ1) is 13.7. The van der Waals surface area contributed by atoms with E-state index in [-0.39, 0.29) is 23.3 Å². The standard InChI is InChI=1S/C18H26N6O4S/c1-4-5-14-11-16(25)21-18(19-14)24-15(10-12(2)22-24)20-17(26)13-6-8-23(9-7-13)29(3,27)28/h10-11,13H,4-9H2,1-3H3,(H,20,26)(H,19,21,25). The average Bonchev–Trinajstić information content (AvgIpc) is 3.01. The van der Waals surface area contributed by atoms with Gasteiger partial charge in [-0.15, -0.1) is 0 Å². The molecule has 10 nitrogen and oxygen atoms in total. The SMILES string of the molecule is CCCc1cc(=O)[nH]c(-n2nc(C)cc2NC(=O)C2CCN(S(C)(=O)=O)CC2)n1. The molecule has 0 spiro atoms. The van der Waals surface area contributed by atoms with Gasteiger partial charge < -0.3 is 5.32 Å². The van der Waals surface area contributed by atoms with Gasteiger partial charge in [0, 0.05) is 36.8 Å². The van der Waals surface area contributed by atoms with Gasteiger partial charge in [-0.05, 0) is 26.2 Å². The van der Waals surface area contributed by atoms with E-state index < -0.39 is 10.0 Å². The van der Waals surface area contributed by atoms with Crippen LogP contribution in [0.15, 0.2) is 16.9 Å². The Bertz CT molecular complexity index is 1050. The van der Waals surface area contributed by atoms with Crippen LogP contribution in [0.5, 0.6) is 0 Å². The molecule has 2 aromatic heterocycles. The van der Waals surface area contributed by atoms with E-state index in [1.807, 2.05) is 6.92 Å². The van der Waals surface area contributed by atoms with Crippen molar-refractivity contribution in [1.29, 1.82) is 0 Å². The molecule has 0 aromatic carbocycles. The van der Waals surface area contributed by atoms with Crippen LogP contribution < -0.4 is 10.9 Å². The molecule has 1 amide bonds. The van der Waals surface area contributed by atoms with Crippen molar-refractivity contribution in [2.45, 2.75) is 39.5 Å². The van der Waals surface area contributed by atoms with Crippen molar-refractivity contribution >= 4 is 21.7 Å². The van der Waals surface area contributed by atoms with Crippen LogP contribution in [0.4, 0.5) is 5.82 Å². The van der Waals surface area contributed by atoms with Crippen LogP contribution in [0.1, 0.15) is 37.6 Å². The van der Waals surface area contributed by atoms with Crippen LogP contribution in [-0.2, 0) is 21.2 Å². The van der Waals surface area contributed by atoms with Crippen molar-refractivity contribution in [2.75, 3.05) is 24.7 Å². The summed E-state index contributed by atoms with van der Waals surface area (Å²) in [4.78, 5) is 31.8. The zero-order chi connectivity index (χ0) is 21.2. The topological polar surface area (TPSA) is 130 Å². The van der Waals surface area contributed by atoms with E-state index in [0.29, 0.717) is 49.6 Å². The zero-order valence-electron chi connectivity index (χ0n) is 16.8. The predicted molar refractivity (Wildman–Crippen MR) is 108 cm³/mol. The highest BCUT2D eigenvalue weighted by Crippen LogP contribution is 2.22. The number of carbonyl (C=O) groups excluding carboxylic acids is 1. The first-order valence-corrected chi connectivity index (χ1v) is 11.5. The van der Waals surface area contributed by atoms with Crippen LogP contribution in [0.3, 0.4) is 0 Å². The molecule has 1 fully saturated rings. The van der Waals surface area contributed by atoms with Crippen molar-refractivity contribution < 1.29 is 13.2 Å². The summed E-state index contributed by atoms with van der Waals surface area (Å²) < 4.78 is 26.1. The molecule has 0 unspecified atom stereocenters. The summed E-state index contributed by atoms with van der Waals surface area (Å²) in [7, 11) is -3.24. The molecule has 2 N–H and O–H groups in total. The number of aromatic nitrogens is 4. The fourth-order valence-corrected chi connectivity index (χ4v) is 4.28. The molecule has 2 aromatic rings. The number of aryl methyl sites for hydroxylation is 2. The normalized spacial score (nSPS) is 16.1. The molecule has 0 atom stereocenters. The van der Waals surface area contributed by atoms with Gasteiger partial charge in [-0.25, -0.2) is 17.7 Å². The number of sulfonamides is 1. The third-order valence-electron chi connectivity index (χ3n) is 4.87. The van der Waals surface area contributed by atoms with Crippen molar-refractivity contribution in [1.82, 2.24) is 24.1 Å². The van der Waals surface area contributed by atoms with Gasteiger partial charge in [-0.3, -0.25) is 14.6 Å². The van der Waals surface area contributed by atoms with E-state index in [1.165, 1.54) is 21.3 Å². The molecule has 0 aliphatic carbocycles. The molecule has 158 valence electrons. The quantitative estimate of drug-likeness (QED) is 0.709. The molecule has 0 radical (unpaired) electrons. The number of piperidine rings is 1. The minimum atomic E-state index is -3.24. The van der Waals surface area contributed by atoms with E-state index in [0.717, 1.165) is 6.42 Å². The van der Waals surface area contributed by atoms with E-state index in [9.17, 15) is 18.0 Å². The number of rotatable bonds is 6.